The van der Waals surface area contributed by atoms with Crippen LogP contribution in [-0.4, -0.2) is 12.8 Å². The van der Waals surface area contributed by atoms with Crippen LogP contribution in [0.25, 0.3) is 33.4 Å². The molecule has 0 N–H and O–H groups in total. The minimum Gasteiger partial charge on any atom is -0.458 e. The molecule has 3 heterocycles. The van der Waals surface area contributed by atoms with Crippen molar-refractivity contribution < 1.29 is 4.74 Å². The Balaban J connectivity index is 1.27. The number of benzene rings is 6. The van der Waals surface area contributed by atoms with Crippen molar-refractivity contribution in [2.24, 2.45) is 0 Å². The van der Waals surface area contributed by atoms with Gasteiger partial charge in [-0.2, -0.15) is 0 Å². The zero-order chi connectivity index (χ0) is 35.6. The van der Waals surface area contributed by atoms with Crippen molar-refractivity contribution in [1.82, 2.24) is 0 Å². The summed E-state index contributed by atoms with van der Waals surface area (Å²) in [5.74, 6) is 1.93. The van der Waals surface area contributed by atoms with Crippen molar-refractivity contribution in [3.05, 3.63) is 159 Å². The molecule has 0 spiro atoms. The van der Waals surface area contributed by atoms with Crippen molar-refractivity contribution in [3.63, 3.8) is 0 Å². The first-order chi connectivity index (χ1) is 25.1. The number of anilines is 2. The van der Waals surface area contributed by atoms with Crippen molar-refractivity contribution >= 4 is 45.6 Å². The summed E-state index contributed by atoms with van der Waals surface area (Å²) < 4.78 is 6.88. The molecular weight excluding hydrogens is 629 g/mol. The van der Waals surface area contributed by atoms with Crippen LogP contribution in [0.2, 0.25) is 0 Å². The van der Waals surface area contributed by atoms with Crippen molar-refractivity contribution in [3.8, 4) is 33.8 Å². The van der Waals surface area contributed by atoms with Crippen LogP contribution >= 0.6 is 0 Å². The maximum absolute atomic E-state index is 6.88. The molecule has 6 aromatic rings. The van der Waals surface area contributed by atoms with Gasteiger partial charge in [0.05, 0.1) is 6.04 Å². The second-order valence-electron chi connectivity index (χ2n) is 15.7. The van der Waals surface area contributed by atoms with E-state index in [0.717, 1.165) is 17.9 Å². The highest BCUT2D eigenvalue weighted by molar-refractivity contribution is 6.99. The molecule has 0 saturated heterocycles. The maximum atomic E-state index is 6.88. The Kier molecular flexibility index (Phi) is 6.74. The molecule has 2 nitrogen and oxygen atoms in total. The summed E-state index contributed by atoms with van der Waals surface area (Å²) in [5.41, 5.74) is 26.3. The van der Waals surface area contributed by atoms with Gasteiger partial charge in [-0.15, -0.1) is 0 Å². The van der Waals surface area contributed by atoms with E-state index in [9.17, 15) is 0 Å². The number of hydrogen-bond donors (Lipinski definition) is 0. The van der Waals surface area contributed by atoms with Gasteiger partial charge in [-0.05, 0) is 168 Å². The Labute approximate surface area is 308 Å². The van der Waals surface area contributed by atoms with Gasteiger partial charge in [0.15, 0.2) is 0 Å². The standard InChI is InChI=1S/C49H42BNO/c1-27-17-30(4)46(31(5)18-27)36-13-15-42-38(23-36)39-24-37(47-32(6)19-28(2)20-33(47)7)26-41-49(39)51(42)43-21-29(3)22-45-48(43)50(41)40-25-35(14-16-44(40)52-45)34-11-9-8-10-12-34/h8-14,16-26,42H,15H2,1-7H3. The van der Waals surface area contributed by atoms with E-state index in [0.29, 0.717) is 0 Å². The highest BCUT2D eigenvalue weighted by Gasteiger charge is 2.48. The first-order valence-electron chi connectivity index (χ1n) is 18.7. The zero-order valence-electron chi connectivity index (χ0n) is 31.1. The average Bonchev–Trinajstić information content (AvgIpc) is 3.43. The highest BCUT2D eigenvalue weighted by atomic mass is 16.5. The Morgan fingerprint density at radius 1 is 0.596 bits per heavy atom. The number of aryl methyl sites for hydroxylation is 7. The van der Waals surface area contributed by atoms with E-state index in [1.165, 1.54) is 111 Å². The van der Waals surface area contributed by atoms with Gasteiger partial charge in [0.2, 0.25) is 0 Å². The lowest BCUT2D eigenvalue weighted by Crippen LogP contribution is -2.60. The molecule has 6 aromatic carbocycles. The quantitative estimate of drug-likeness (QED) is 0.173. The lowest BCUT2D eigenvalue weighted by Gasteiger charge is -2.41. The van der Waals surface area contributed by atoms with Crippen LogP contribution in [0.1, 0.15) is 56.5 Å². The fourth-order valence-corrected chi connectivity index (χ4v) is 10.2. The van der Waals surface area contributed by atoms with Crippen LogP contribution in [0, 0.1) is 48.5 Å². The summed E-state index contributed by atoms with van der Waals surface area (Å²) in [7, 11) is 0. The molecule has 10 rings (SSSR count). The summed E-state index contributed by atoms with van der Waals surface area (Å²) in [5, 5.41) is 0. The topological polar surface area (TPSA) is 12.5 Å². The zero-order valence-corrected chi connectivity index (χ0v) is 31.1. The highest BCUT2D eigenvalue weighted by Crippen LogP contribution is 2.52. The van der Waals surface area contributed by atoms with Crippen LogP contribution < -0.4 is 26.0 Å². The van der Waals surface area contributed by atoms with E-state index >= 15 is 0 Å². The third-order valence-electron chi connectivity index (χ3n) is 11.9. The van der Waals surface area contributed by atoms with Crippen molar-refractivity contribution in [2.75, 3.05) is 4.90 Å². The largest absolute Gasteiger partial charge is 0.458 e. The number of ether oxygens (including phenoxy) is 1. The second-order valence-corrected chi connectivity index (χ2v) is 15.7. The van der Waals surface area contributed by atoms with Crippen molar-refractivity contribution in [2.45, 2.75) is 60.9 Å². The first kappa shape index (κ1) is 31.2. The van der Waals surface area contributed by atoms with E-state index in [1.807, 2.05) is 0 Å². The molecule has 1 aliphatic carbocycles. The Hall–Kier alpha value is -5.54. The van der Waals surface area contributed by atoms with Gasteiger partial charge in [-0.1, -0.05) is 90.0 Å². The lowest BCUT2D eigenvalue weighted by molar-refractivity contribution is 0.487. The summed E-state index contributed by atoms with van der Waals surface area (Å²) >= 11 is 0. The van der Waals surface area contributed by atoms with Gasteiger partial charge in [-0.25, -0.2) is 0 Å². The SMILES string of the molecule is Cc1cc(C)c(C2=CCC3C(=C2)c2cc(-c4c(C)cc(C)cc4C)cc4c2N3c2cc(C)cc3c2B4c2cc(-c4ccccc4)ccc2O3)c(C)c1. The van der Waals surface area contributed by atoms with Gasteiger partial charge in [0.25, 0.3) is 6.71 Å². The molecule has 0 aromatic heterocycles. The smallest absolute Gasteiger partial charge is 0.256 e. The number of fused-ring (bicyclic) bond motifs is 7. The summed E-state index contributed by atoms with van der Waals surface area (Å²) in [6, 6.07) is 36.8. The van der Waals surface area contributed by atoms with Crippen LogP contribution in [0.15, 0.2) is 109 Å². The normalized spacial score (nSPS) is 16.0. The van der Waals surface area contributed by atoms with E-state index in [-0.39, 0.29) is 12.8 Å². The number of rotatable bonds is 3. The maximum Gasteiger partial charge on any atom is 0.256 e. The number of nitrogens with zero attached hydrogens (tertiary/aromatic N) is 1. The van der Waals surface area contributed by atoms with Crippen LogP contribution in [0.4, 0.5) is 11.4 Å². The molecular formula is C49H42BNO. The van der Waals surface area contributed by atoms with Crippen LogP contribution in [-0.2, 0) is 0 Å². The monoisotopic (exact) mass is 671 g/mol. The molecule has 0 radical (unpaired) electrons. The first-order valence-corrected chi connectivity index (χ1v) is 18.7. The minimum absolute atomic E-state index is 0.0452. The molecule has 4 aliphatic rings. The fourth-order valence-electron chi connectivity index (χ4n) is 10.2. The van der Waals surface area contributed by atoms with E-state index in [1.54, 1.807) is 0 Å². The molecule has 0 bridgehead atoms. The Morgan fingerprint density at radius 2 is 1.25 bits per heavy atom. The van der Waals surface area contributed by atoms with E-state index < -0.39 is 0 Å². The van der Waals surface area contributed by atoms with Gasteiger partial charge >= 0.3 is 0 Å². The minimum atomic E-state index is 0.0452. The number of allylic oxidation sites excluding steroid dienone is 2. The van der Waals surface area contributed by atoms with E-state index in [4.69, 9.17) is 4.74 Å². The molecule has 0 amide bonds. The predicted octanol–water partition coefficient (Wildman–Crippen LogP) is 10.5. The predicted molar refractivity (Wildman–Crippen MR) is 221 cm³/mol. The average molecular weight is 672 g/mol. The molecule has 52 heavy (non-hydrogen) atoms. The molecule has 3 heteroatoms. The second kappa shape index (κ2) is 11.2. The number of hydrogen-bond acceptors (Lipinski definition) is 2. The molecule has 252 valence electrons. The van der Waals surface area contributed by atoms with Crippen LogP contribution in [0.5, 0.6) is 11.5 Å². The van der Waals surface area contributed by atoms with Gasteiger partial charge in [0, 0.05) is 16.9 Å². The summed E-state index contributed by atoms with van der Waals surface area (Å²) in [6.45, 7) is 15.8. The molecule has 0 fully saturated rings. The lowest BCUT2D eigenvalue weighted by atomic mass is 9.34. The molecule has 1 atom stereocenters. The van der Waals surface area contributed by atoms with Crippen molar-refractivity contribution in [1.29, 1.82) is 0 Å². The van der Waals surface area contributed by atoms with Gasteiger partial charge < -0.3 is 9.64 Å². The summed E-state index contributed by atoms with van der Waals surface area (Å²) in [6.07, 6.45) is 5.96. The Bertz CT molecular complexity index is 2560. The molecule has 0 saturated carbocycles. The molecule has 3 aliphatic heterocycles. The van der Waals surface area contributed by atoms with Gasteiger partial charge in [-0.3, -0.25) is 0 Å². The fraction of sp³-hybridized carbons (Fsp3) is 0.184. The summed E-state index contributed by atoms with van der Waals surface area (Å²) in [4.78, 5) is 2.68. The van der Waals surface area contributed by atoms with Gasteiger partial charge in [0.1, 0.15) is 11.5 Å². The van der Waals surface area contributed by atoms with E-state index in [2.05, 4.69) is 163 Å². The third kappa shape index (κ3) is 4.51. The third-order valence-corrected chi connectivity index (χ3v) is 11.9. The van der Waals surface area contributed by atoms with Crippen LogP contribution in [0.3, 0.4) is 0 Å². The Morgan fingerprint density at radius 3 is 1.96 bits per heavy atom. The molecule has 1 unspecified atom stereocenters.